The molecule has 2 atom stereocenters. The number of hydrogen-bond donors (Lipinski definition) is 1. The first-order valence-electron chi connectivity index (χ1n) is 7.60. The van der Waals surface area contributed by atoms with Crippen molar-refractivity contribution >= 4 is 11.9 Å². The maximum absolute atomic E-state index is 12.4. The van der Waals surface area contributed by atoms with Crippen molar-refractivity contribution in [1.29, 1.82) is 0 Å². The van der Waals surface area contributed by atoms with Crippen LogP contribution in [0, 0.1) is 0 Å². The lowest BCUT2D eigenvalue weighted by molar-refractivity contribution is -0.274. The first-order valence-corrected chi connectivity index (χ1v) is 7.60. The van der Waals surface area contributed by atoms with Crippen LogP contribution in [-0.4, -0.2) is 54.0 Å². The van der Waals surface area contributed by atoms with E-state index in [2.05, 4.69) is 4.74 Å². The topological polar surface area (TPSA) is 76.1 Å². The van der Waals surface area contributed by atoms with Crippen molar-refractivity contribution in [2.45, 2.75) is 37.8 Å². The normalized spacial score (nSPS) is 20.6. The number of amides is 1. The maximum atomic E-state index is 12.4. The number of carboxylic acids is 1. The number of carbonyl (C=O) groups excluding carboxylic acids is 1. The van der Waals surface area contributed by atoms with Crippen LogP contribution in [0.2, 0.25) is 0 Å². The van der Waals surface area contributed by atoms with Crippen molar-refractivity contribution in [2.75, 3.05) is 13.7 Å². The van der Waals surface area contributed by atoms with Crippen LogP contribution >= 0.6 is 0 Å². The van der Waals surface area contributed by atoms with Crippen LogP contribution in [0.25, 0.3) is 0 Å². The van der Waals surface area contributed by atoms with Crippen LogP contribution in [0.15, 0.2) is 24.3 Å². The van der Waals surface area contributed by atoms with Gasteiger partial charge in [-0.3, -0.25) is 4.79 Å². The first kappa shape index (κ1) is 19.0. The van der Waals surface area contributed by atoms with E-state index in [0.29, 0.717) is 0 Å². The quantitative estimate of drug-likeness (QED) is 0.841. The maximum Gasteiger partial charge on any atom is 0.573 e. The summed E-state index contributed by atoms with van der Waals surface area (Å²) in [6, 6.07) is 4.56. The summed E-state index contributed by atoms with van der Waals surface area (Å²) in [6.45, 7) is 0.146. The molecule has 1 amide bonds. The van der Waals surface area contributed by atoms with Gasteiger partial charge in [-0.05, 0) is 18.1 Å². The summed E-state index contributed by atoms with van der Waals surface area (Å²) in [4.78, 5) is 24.8. The lowest BCUT2D eigenvalue weighted by Gasteiger charge is -2.21. The van der Waals surface area contributed by atoms with Gasteiger partial charge in [0.1, 0.15) is 11.8 Å². The molecule has 1 heterocycles. The molecule has 2 rings (SSSR count). The number of halogens is 3. The fraction of sp³-hybridized carbons (Fsp3) is 0.500. The molecule has 0 spiro atoms. The average Bonchev–Trinajstić information content (AvgIpc) is 2.97. The first-order chi connectivity index (χ1) is 11.7. The summed E-state index contributed by atoms with van der Waals surface area (Å²) >= 11 is 0. The molecule has 0 bridgehead atoms. The van der Waals surface area contributed by atoms with E-state index in [1.165, 1.54) is 30.2 Å². The molecule has 6 nitrogen and oxygen atoms in total. The van der Waals surface area contributed by atoms with E-state index >= 15 is 0 Å². The van der Waals surface area contributed by atoms with Crippen molar-refractivity contribution in [2.24, 2.45) is 0 Å². The van der Waals surface area contributed by atoms with Gasteiger partial charge in [0, 0.05) is 26.5 Å². The molecule has 1 saturated heterocycles. The second-order valence-electron chi connectivity index (χ2n) is 5.65. The highest BCUT2D eigenvalue weighted by molar-refractivity contribution is 5.84. The number of aliphatic carboxylic acids is 1. The second-order valence-corrected chi connectivity index (χ2v) is 5.65. The summed E-state index contributed by atoms with van der Waals surface area (Å²) in [5.41, 5.74) is 0.225. The van der Waals surface area contributed by atoms with Crippen LogP contribution in [0.4, 0.5) is 13.2 Å². The molecule has 1 aliphatic rings. The van der Waals surface area contributed by atoms with Crippen LogP contribution in [0.3, 0.4) is 0 Å². The van der Waals surface area contributed by atoms with Gasteiger partial charge in [-0.15, -0.1) is 13.2 Å². The van der Waals surface area contributed by atoms with Crippen molar-refractivity contribution in [1.82, 2.24) is 4.90 Å². The predicted octanol–water partition coefficient (Wildman–Crippen LogP) is 2.22. The molecule has 25 heavy (non-hydrogen) atoms. The molecule has 1 aliphatic heterocycles. The number of benzene rings is 1. The minimum absolute atomic E-state index is 0.00553. The Hall–Kier alpha value is -2.29. The summed E-state index contributed by atoms with van der Waals surface area (Å²) < 4.78 is 46.3. The smallest absolute Gasteiger partial charge is 0.480 e. The van der Waals surface area contributed by atoms with Crippen molar-refractivity contribution in [3.8, 4) is 5.75 Å². The molecule has 1 N–H and O–H groups in total. The Morgan fingerprint density at radius 1 is 1.32 bits per heavy atom. The Labute approximate surface area is 142 Å². The third kappa shape index (κ3) is 5.09. The second kappa shape index (κ2) is 7.73. The monoisotopic (exact) mass is 361 g/mol. The molecular weight excluding hydrogens is 343 g/mol. The van der Waals surface area contributed by atoms with E-state index in [-0.39, 0.29) is 43.2 Å². The Kier molecular flexibility index (Phi) is 5.89. The number of carboxylic acid groups (broad SMARTS) is 1. The zero-order valence-electron chi connectivity index (χ0n) is 13.5. The Bertz CT molecular complexity index is 634. The molecule has 1 aromatic rings. The summed E-state index contributed by atoms with van der Waals surface area (Å²) in [6.07, 6.45) is -5.13. The molecule has 1 aromatic carbocycles. The Balaban J connectivity index is 2.04. The molecule has 9 heteroatoms. The van der Waals surface area contributed by atoms with Crippen LogP contribution in [0.5, 0.6) is 5.75 Å². The van der Waals surface area contributed by atoms with E-state index < -0.39 is 24.3 Å². The third-order valence-corrected chi connectivity index (χ3v) is 4.01. The number of para-hydroxylation sites is 1. The van der Waals surface area contributed by atoms with Gasteiger partial charge >= 0.3 is 12.3 Å². The molecule has 2 unspecified atom stereocenters. The number of carbonyl (C=O) groups is 2. The van der Waals surface area contributed by atoms with Crippen molar-refractivity contribution in [3.63, 3.8) is 0 Å². The predicted molar refractivity (Wildman–Crippen MR) is 80.0 cm³/mol. The van der Waals surface area contributed by atoms with E-state index in [0.717, 1.165) is 0 Å². The van der Waals surface area contributed by atoms with Crippen LogP contribution < -0.4 is 4.74 Å². The molecule has 138 valence electrons. The third-order valence-electron chi connectivity index (χ3n) is 4.01. The van der Waals surface area contributed by atoms with Gasteiger partial charge < -0.3 is 19.5 Å². The number of methoxy groups -OCH3 is 1. The SMILES string of the molecule is COC1CC(C(=O)O)N(C(=O)CCc2ccccc2OC(F)(F)F)C1. The summed E-state index contributed by atoms with van der Waals surface area (Å²) in [5, 5.41) is 9.21. The van der Waals surface area contributed by atoms with Gasteiger partial charge in [-0.2, -0.15) is 0 Å². The number of aryl methyl sites for hydroxylation is 1. The summed E-state index contributed by atoms with van der Waals surface area (Å²) in [7, 11) is 1.43. The fourth-order valence-corrected chi connectivity index (χ4v) is 2.80. The van der Waals surface area contributed by atoms with E-state index in [1.54, 1.807) is 6.07 Å². The Morgan fingerprint density at radius 3 is 2.60 bits per heavy atom. The molecule has 0 aliphatic carbocycles. The van der Waals surface area contributed by atoms with Crippen LogP contribution in [-0.2, 0) is 20.7 Å². The zero-order valence-corrected chi connectivity index (χ0v) is 13.5. The van der Waals surface area contributed by atoms with Gasteiger partial charge in [-0.25, -0.2) is 4.79 Å². The van der Waals surface area contributed by atoms with Gasteiger partial charge in [-0.1, -0.05) is 18.2 Å². The number of rotatable bonds is 6. The lowest BCUT2D eigenvalue weighted by atomic mass is 10.1. The number of hydrogen-bond acceptors (Lipinski definition) is 4. The van der Waals surface area contributed by atoms with Crippen LogP contribution in [0.1, 0.15) is 18.4 Å². The highest BCUT2D eigenvalue weighted by Gasteiger charge is 2.39. The lowest BCUT2D eigenvalue weighted by Crippen LogP contribution is -2.40. The van der Waals surface area contributed by atoms with E-state index in [1.807, 2.05) is 0 Å². The molecular formula is C16H18F3NO5. The number of nitrogens with zero attached hydrogens (tertiary/aromatic N) is 1. The zero-order chi connectivity index (χ0) is 18.6. The molecule has 0 radical (unpaired) electrons. The minimum Gasteiger partial charge on any atom is -0.480 e. The highest BCUT2D eigenvalue weighted by atomic mass is 19.4. The minimum atomic E-state index is -4.82. The average molecular weight is 361 g/mol. The highest BCUT2D eigenvalue weighted by Crippen LogP contribution is 2.28. The van der Waals surface area contributed by atoms with E-state index in [4.69, 9.17) is 4.74 Å². The largest absolute Gasteiger partial charge is 0.573 e. The fourth-order valence-electron chi connectivity index (χ4n) is 2.80. The van der Waals surface area contributed by atoms with Gasteiger partial charge in [0.2, 0.25) is 5.91 Å². The van der Waals surface area contributed by atoms with Gasteiger partial charge in [0.25, 0.3) is 0 Å². The number of alkyl halides is 3. The molecule has 0 aromatic heterocycles. The number of ether oxygens (including phenoxy) is 2. The Morgan fingerprint density at radius 2 is 2.00 bits per heavy atom. The van der Waals surface area contributed by atoms with Gasteiger partial charge in [0.05, 0.1) is 6.10 Å². The van der Waals surface area contributed by atoms with Crippen molar-refractivity contribution < 1.29 is 37.3 Å². The molecule has 0 saturated carbocycles. The standard InChI is InChI=1S/C16H18F3NO5/c1-24-11-8-12(15(22)23)20(9-11)14(21)7-6-10-4-2-3-5-13(10)25-16(17,18)19/h2-5,11-12H,6-9H2,1H3,(H,22,23). The number of likely N-dealkylation sites (tertiary alicyclic amines) is 1. The molecule has 1 fully saturated rings. The van der Waals surface area contributed by atoms with Gasteiger partial charge in [0.15, 0.2) is 0 Å². The summed E-state index contributed by atoms with van der Waals surface area (Å²) in [5.74, 6) is -1.95. The van der Waals surface area contributed by atoms with E-state index in [9.17, 15) is 27.9 Å². The van der Waals surface area contributed by atoms with Crippen molar-refractivity contribution in [3.05, 3.63) is 29.8 Å².